The Morgan fingerprint density at radius 1 is 1.21 bits per heavy atom. The number of amides is 2. The van der Waals surface area contributed by atoms with Crippen molar-refractivity contribution in [2.75, 3.05) is 23.4 Å². The smallest absolute Gasteiger partial charge is 0.229 e. The van der Waals surface area contributed by atoms with Gasteiger partial charge in [0.25, 0.3) is 0 Å². The summed E-state index contributed by atoms with van der Waals surface area (Å²) in [6.07, 6.45) is 0.228. The van der Waals surface area contributed by atoms with E-state index in [0.717, 1.165) is 5.69 Å². The molecule has 0 aliphatic carbocycles. The van der Waals surface area contributed by atoms with Crippen LogP contribution in [0.5, 0.6) is 5.75 Å². The van der Waals surface area contributed by atoms with Gasteiger partial charge < -0.3 is 15.0 Å². The summed E-state index contributed by atoms with van der Waals surface area (Å²) in [5, 5.41) is 2.88. The van der Waals surface area contributed by atoms with E-state index in [-0.39, 0.29) is 24.2 Å². The van der Waals surface area contributed by atoms with E-state index in [2.05, 4.69) is 5.32 Å². The van der Waals surface area contributed by atoms with E-state index in [1.165, 1.54) is 0 Å². The van der Waals surface area contributed by atoms with Gasteiger partial charge in [0, 0.05) is 30.4 Å². The normalized spacial score (nSPS) is 17.0. The van der Waals surface area contributed by atoms with Gasteiger partial charge in [-0.05, 0) is 31.2 Å². The molecule has 24 heavy (non-hydrogen) atoms. The molecule has 0 saturated carbocycles. The fourth-order valence-electron chi connectivity index (χ4n) is 2.82. The van der Waals surface area contributed by atoms with Crippen LogP contribution in [-0.2, 0) is 9.59 Å². The van der Waals surface area contributed by atoms with Crippen molar-refractivity contribution in [3.8, 4) is 5.75 Å². The molecule has 1 N–H and O–H groups in total. The molecule has 1 atom stereocenters. The first kappa shape index (κ1) is 16.1. The predicted octanol–water partition coefficient (Wildman–Crippen LogP) is 3.08. The van der Waals surface area contributed by atoms with Crippen LogP contribution in [0.15, 0.2) is 54.6 Å². The molecule has 1 saturated heterocycles. The molecule has 2 aromatic carbocycles. The lowest BCUT2D eigenvalue weighted by atomic mass is 10.1. The maximum atomic E-state index is 12.5. The molecule has 1 aliphatic rings. The van der Waals surface area contributed by atoms with Crippen molar-refractivity contribution < 1.29 is 14.3 Å². The minimum atomic E-state index is -0.353. The van der Waals surface area contributed by atoms with E-state index in [1.807, 2.05) is 55.5 Å². The maximum Gasteiger partial charge on any atom is 0.229 e. The monoisotopic (exact) mass is 324 g/mol. The van der Waals surface area contributed by atoms with Crippen LogP contribution in [0.2, 0.25) is 0 Å². The highest BCUT2D eigenvalue weighted by molar-refractivity contribution is 6.03. The van der Waals surface area contributed by atoms with Crippen LogP contribution in [-0.4, -0.2) is 25.0 Å². The summed E-state index contributed by atoms with van der Waals surface area (Å²) < 4.78 is 5.43. The third-order valence-electron chi connectivity index (χ3n) is 3.98. The second kappa shape index (κ2) is 7.17. The number of hydrogen-bond acceptors (Lipinski definition) is 3. The molecule has 1 heterocycles. The average Bonchev–Trinajstić information content (AvgIpc) is 2.98. The lowest BCUT2D eigenvalue weighted by molar-refractivity contribution is -0.122. The molecule has 0 unspecified atom stereocenters. The summed E-state index contributed by atoms with van der Waals surface area (Å²) in [6.45, 7) is 2.88. The first-order valence-electron chi connectivity index (χ1n) is 8.06. The first-order valence-corrected chi connectivity index (χ1v) is 8.06. The first-order chi connectivity index (χ1) is 11.7. The third kappa shape index (κ3) is 3.56. The second-order valence-corrected chi connectivity index (χ2v) is 5.69. The van der Waals surface area contributed by atoms with Gasteiger partial charge in [-0.2, -0.15) is 0 Å². The lowest BCUT2D eigenvalue weighted by Crippen LogP contribution is -2.28. The molecule has 1 aliphatic heterocycles. The van der Waals surface area contributed by atoms with Crippen LogP contribution in [0, 0.1) is 5.92 Å². The van der Waals surface area contributed by atoms with E-state index < -0.39 is 0 Å². The fraction of sp³-hybridized carbons (Fsp3) is 0.263. The van der Waals surface area contributed by atoms with Crippen molar-refractivity contribution in [2.24, 2.45) is 5.92 Å². The average molecular weight is 324 g/mol. The van der Waals surface area contributed by atoms with Crippen molar-refractivity contribution in [1.29, 1.82) is 0 Å². The number of hydrogen-bond donors (Lipinski definition) is 1. The Hall–Kier alpha value is -2.82. The van der Waals surface area contributed by atoms with E-state index in [9.17, 15) is 9.59 Å². The Bertz CT molecular complexity index is 730. The van der Waals surface area contributed by atoms with Crippen molar-refractivity contribution in [1.82, 2.24) is 0 Å². The Labute approximate surface area is 141 Å². The van der Waals surface area contributed by atoms with Gasteiger partial charge >= 0.3 is 0 Å². The maximum absolute atomic E-state index is 12.5. The van der Waals surface area contributed by atoms with E-state index in [4.69, 9.17) is 4.74 Å². The largest absolute Gasteiger partial charge is 0.494 e. The second-order valence-electron chi connectivity index (χ2n) is 5.69. The number of nitrogens with one attached hydrogen (secondary N) is 1. The highest BCUT2D eigenvalue weighted by Crippen LogP contribution is 2.26. The number of nitrogens with zero attached hydrogens (tertiary/aromatic N) is 1. The molecule has 0 spiro atoms. The predicted molar refractivity (Wildman–Crippen MR) is 93.1 cm³/mol. The molecule has 124 valence electrons. The van der Waals surface area contributed by atoms with E-state index in [1.54, 1.807) is 11.0 Å². The minimum Gasteiger partial charge on any atom is -0.494 e. The summed E-state index contributed by atoms with van der Waals surface area (Å²) in [5.41, 5.74) is 1.51. The van der Waals surface area contributed by atoms with Gasteiger partial charge in [0.05, 0.1) is 12.5 Å². The standard InChI is InChI=1S/C19H20N2O3/c1-2-24-17-10-6-7-15(12-17)20-19(23)14-11-18(22)21(13-14)16-8-4-3-5-9-16/h3-10,12,14H,2,11,13H2,1H3,(H,20,23)/t14-/m1/s1. The Morgan fingerprint density at radius 2 is 2.00 bits per heavy atom. The zero-order chi connectivity index (χ0) is 16.9. The van der Waals surface area contributed by atoms with Crippen LogP contribution in [0.25, 0.3) is 0 Å². The minimum absolute atomic E-state index is 0.0237. The molecule has 5 heteroatoms. The quantitative estimate of drug-likeness (QED) is 0.919. The summed E-state index contributed by atoms with van der Waals surface area (Å²) in [6, 6.07) is 16.7. The number of anilines is 2. The Morgan fingerprint density at radius 3 is 2.75 bits per heavy atom. The zero-order valence-electron chi connectivity index (χ0n) is 13.6. The number of rotatable bonds is 5. The van der Waals surface area contributed by atoms with Crippen LogP contribution in [0.4, 0.5) is 11.4 Å². The highest BCUT2D eigenvalue weighted by atomic mass is 16.5. The van der Waals surface area contributed by atoms with E-state index in [0.29, 0.717) is 24.6 Å². The topological polar surface area (TPSA) is 58.6 Å². The van der Waals surface area contributed by atoms with Gasteiger partial charge in [0.1, 0.15) is 5.75 Å². The molecular formula is C19H20N2O3. The number of benzene rings is 2. The van der Waals surface area contributed by atoms with Crippen molar-refractivity contribution >= 4 is 23.2 Å². The van der Waals surface area contributed by atoms with Crippen LogP contribution >= 0.6 is 0 Å². The molecular weight excluding hydrogens is 304 g/mol. The van der Waals surface area contributed by atoms with Gasteiger partial charge in [0.15, 0.2) is 0 Å². The molecule has 0 aromatic heterocycles. The van der Waals surface area contributed by atoms with Crippen molar-refractivity contribution in [2.45, 2.75) is 13.3 Å². The molecule has 5 nitrogen and oxygen atoms in total. The lowest BCUT2D eigenvalue weighted by Gasteiger charge is -2.16. The molecule has 0 bridgehead atoms. The van der Waals surface area contributed by atoms with Crippen LogP contribution in [0.3, 0.4) is 0 Å². The van der Waals surface area contributed by atoms with Gasteiger partial charge in [-0.1, -0.05) is 24.3 Å². The Kier molecular flexibility index (Phi) is 4.79. The summed E-state index contributed by atoms with van der Waals surface area (Å²) in [4.78, 5) is 26.4. The van der Waals surface area contributed by atoms with Crippen molar-refractivity contribution in [3.63, 3.8) is 0 Å². The van der Waals surface area contributed by atoms with Crippen molar-refractivity contribution in [3.05, 3.63) is 54.6 Å². The SMILES string of the molecule is CCOc1cccc(NC(=O)[C@@H]2CC(=O)N(c3ccccc3)C2)c1. The van der Waals surface area contributed by atoms with Gasteiger partial charge in [-0.15, -0.1) is 0 Å². The summed E-state index contributed by atoms with van der Waals surface area (Å²) in [5.74, 6) is 0.192. The Balaban J connectivity index is 1.66. The highest BCUT2D eigenvalue weighted by Gasteiger charge is 2.35. The summed E-state index contributed by atoms with van der Waals surface area (Å²) in [7, 11) is 0. The number of carbonyl (C=O) groups is 2. The fourth-order valence-corrected chi connectivity index (χ4v) is 2.82. The summed E-state index contributed by atoms with van der Waals surface area (Å²) >= 11 is 0. The molecule has 3 rings (SSSR count). The zero-order valence-corrected chi connectivity index (χ0v) is 13.6. The number of carbonyl (C=O) groups excluding carboxylic acids is 2. The van der Waals surface area contributed by atoms with Crippen LogP contribution in [0.1, 0.15) is 13.3 Å². The van der Waals surface area contributed by atoms with Gasteiger partial charge in [-0.25, -0.2) is 0 Å². The van der Waals surface area contributed by atoms with Gasteiger partial charge in [-0.3, -0.25) is 9.59 Å². The molecule has 1 fully saturated rings. The third-order valence-corrected chi connectivity index (χ3v) is 3.98. The molecule has 2 aromatic rings. The van der Waals surface area contributed by atoms with E-state index >= 15 is 0 Å². The number of para-hydroxylation sites is 1. The van der Waals surface area contributed by atoms with Gasteiger partial charge in [0.2, 0.25) is 11.8 Å². The molecule has 2 amide bonds. The number of ether oxygens (including phenoxy) is 1. The molecule has 0 radical (unpaired) electrons. The van der Waals surface area contributed by atoms with Crippen LogP contribution < -0.4 is 15.0 Å².